The van der Waals surface area contributed by atoms with E-state index in [0.717, 1.165) is 0 Å². The highest BCUT2D eigenvalue weighted by molar-refractivity contribution is 7.92. The van der Waals surface area contributed by atoms with Crippen molar-refractivity contribution in [2.45, 2.75) is 11.3 Å². The van der Waals surface area contributed by atoms with Crippen LogP contribution in [-0.2, 0) is 21.2 Å². The Hall–Kier alpha value is -3.43. The van der Waals surface area contributed by atoms with Gasteiger partial charge < -0.3 is 19.5 Å². The number of benzene rings is 3. The molecule has 0 aliphatic carbocycles. The SMILES string of the molecule is COc1cc(CC(=O)Nc2cccc(S(=O)(=O)Nc3ccccc3Cl)c2)cc(OC)c1OC. The smallest absolute Gasteiger partial charge is 0.262 e. The first-order chi connectivity index (χ1) is 15.8. The van der Waals surface area contributed by atoms with Crippen LogP contribution in [-0.4, -0.2) is 35.7 Å². The topological polar surface area (TPSA) is 103 Å². The summed E-state index contributed by atoms with van der Waals surface area (Å²) in [6, 6.07) is 15.8. The van der Waals surface area contributed by atoms with E-state index in [1.807, 2.05) is 0 Å². The number of methoxy groups -OCH3 is 3. The van der Waals surface area contributed by atoms with Gasteiger partial charge in [0.15, 0.2) is 11.5 Å². The maximum Gasteiger partial charge on any atom is 0.262 e. The molecular weight excluding hydrogens is 468 g/mol. The Morgan fingerprint density at radius 2 is 1.58 bits per heavy atom. The molecule has 8 nitrogen and oxygen atoms in total. The van der Waals surface area contributed by atoms with E-state index < -0.39 is 10.0 Å². The van der Waals surface area contributed by atoms with Gasteiger partial charge in [-0.3, -0.25) is 9.52 Å². The number of hydrogen-bond acceptors (Lipinski definition) is 6. The van der Waals surface area contributed by atoms with E-state index in [2.05, 4.69) is 10.0 Å². The predicted octanol–water partition coefficient (Wildman–Crippen LogP) is 4.35. The lowest BCUT2D eigenvalue weighted by Crippen LogP contribution is -2.16. The molecular formula is C23H23ClN2O6S. The van der Waals surface area contributed by atoms with Crippen LogP contribution in [0.2, 0.25) is 5.02 Å². The van der Waals surface area contributed by atoms with E-state index in [0.29, 0.717) is 28.5 Å². The van der Waals surface area contributed by atoms with Crippen LogP contribution in [0.3, 0.4) is 0 Å². The third kappa shape index (κ3) is 5.88. The van der Waals surface area contributed by atoms with Crippen molar-refractivity contribution in [1.29, 1.82) is 0 Å². The van der Waals surface area contributed by atoms with Gasteiger partial charge >= 0.3 is 0 Å². The van der Waals surface area contributed by atoms with Crippen LogP contribution in [0, 0.1) is 0 Å². The molecule has 0 aromatic heterocycles. The van der Waals surface area contributed by atoms with Crippen LogP contribution >= 0.6 is 11.6 Å². The Labute approximate surface area is 197 Å². The molecule has 10 heteroatoms. The van der Waals surface area contributed by atoms with E-state index in [1.165, 1.54) is 39.5 Å². The maximum atomic E-state index is 12.8. The third-order valence-electron chi connectivity index (χ3n) is 4.64. The third-order valence-corrected chi connectivity index (χ3v) is 6.33. The molecule has 174 valence electrons. The van der Waals surface area contributed by atoms with Gasteiger partial charge in [-0.05, 0) is 48.0 Å². The van der Waals surface area contributed by atoms with Gasteiger partial charge in [-0.2, -0.15) is 0 Å². The highest BCUT2D eigenvalue weighted by Crippen LogP contribution is 2.38. The molecule has 0 spiro atoms. The second-order valence-electron chi connectivity index (χ2n) is 6.87. The number of sulfonamides is 1. The minimum atomic E-state index is -3.91. The van der Waals surface area contributed by atoms with Gasteiger partial charge in [0.25, 0.3) is 10.0 Å². The molecule has 3 rings (SSSR count). The van der Waals surface area contributed by atoms with E-state index in [-0.39, 0.29) is 27.9 Å². The number of halogens is 1. The second kappa shape index (κ2) is 10.5. The van der Waals surface area contributed by atoms with Crippen molar-refractivity contribution in [2.75, 3.05) is 31.4 Å². The van der Waals surface area contributed by atoms with Crippen LogP contribution in [0.25, 0.3) is 0 Å². The summed E-state index contributed by atoms with van der Waals surface area (Å²) in [6.07, 6.45) is 0.00552. The standard InChI is InChI=1S/C23H23ClN2O6S/c1-30-20-11-15(12-21(31-2)23(20)32-3)13-22(27)25-16-7-6-8-17(14-16)33(28,29)26-19-10-5-4-9-18(19)24/h4-12,14,26H,13H2,1-3H3,(H,25,27). The molecule has 0 bridgehead atoms. The van der Waals surface area contributed by atoms with Gasteiger partial charge in [-0.25, -0.2) is 8.42 Å². The molecule has 1 amide bonds. The molecule has 0 aliphatic rings. The van der Waals surface area contributed by atoms with Crippen molar-refractivity contribution >= 4 is 38.9 Å². The number of hydrogen-bond donors (Lipinski definition) is 2. The summed E-state index contributed by atoms with van der Waals surface area (Å²) in [6.45, 7) is 0. The molecule has 0 saturated heterocycles. The largest absolute Gasteiger partial charge is 0.493 e. The van der Waals surface area contributed by atoms with Crippen LogP contribution in [0.5, 0.6) is 17.2 Å². The molecule has 0 atom stereocenters. The highest BCUT2D eigenvalue weighted by atomic mass is 35.5. The van der Waals surface area contributed by atoms with E-state index >= 15 is 0 Å². The first kappa shape index (κ1) is 24.2. The minimum absolute atomic E-state index is 0.00552. The van der Waals surface area contributed by atoms with Crippen molar-refractivity contribution in [3.05, 3.63) is 71.2 Å². The van der Waals surface area contributed by atoms with Crippen molar-refractivity contribution in [1.82, 2.24) is 0 Å². The summed E-state index contributed by atoms with van der Waals surface area (Å²) in [5, 5.41) is 2.99. The van der Waals surface area contributed by atoms with Gasteiger partial charge in [0.2, 0.25) is 11.7 Å². The van der Waals surface area contributed by atoms with Gasteiger partial charge in [0.05, 0.1) is 43.4 Å². The predicted molar refractivity (Wildman–Crippen MR) is 127 cm³/mol. The number of carbonyl (C=O) groups excluding carboxylic acids is 1. The van der Waals surface area contributed by atoms with Gasteiger partial charge in [-0.1, -0.05) is 29.8 Å². The summed E-state index contributed by atoms with van der Waals surface area (Å²) in [5.41, 5.74) is 1.22. The summed E-state index contributed by atoms with van der Waals surface area (Å²) >= 11 is 6.05. The number of carbonyl (C=O) groups is 1. The van der Waals surface area contributed by atoms with Crippen LogP contribution in [0.4, 0.5) is 11.4 Å². The Kier molecular flexibility index (Phi) is 7.67. The van der Waals surface area contributed by atoms with E-state index in [1.54, 1.807) is 42.5 Å². The molecule has 3 aromatic rings. The molecule has 2 N–H and O–H groups in total. The number of amides is 1. The number of rotatable bonds is 9. The first-order valence-electron chi connectivity index (χ1n) is 9.73. The quantitative estimate of drug-likeness (QED) is 0.462. The van der Waals surface area contributed by atoms with Gasteiger partial charge in [0.1, 0.15) is 0 Å². The molecule has 0 fully saturated rings. The number of anilines is 2. The molecule has 0 radical (unpaired) electrons. The Bertz CT molecular complexity index is 1240. The van der Waals surface area contributed by atoms with Gasteiger partial charge in [-0.15, -0.1) is 0 Å². The van der Waals surface area contributed by atoms with Crippen molar-refractivity contribution in [2.24, 2.45) is 0 Å². The zero-order valence-corrected chi connectivity index (χ0v) is 19.8. The fraction of sp³-hybridized carbons (Fsp3) is 0.174. The van der Waals surface area contributed by atoms with Crippen molar-refractivity contribution in [3.8, 4) is 17.2 Å². The average Bonchev–Trinajstić information content (AvgIpc) is 2.79. The molecule has 33 heavy (non-hydrogen) atoms. The zero-order valence-electron chi connectivity index (χ0n) is 18.2. The molecule has 3 aromatic carbocycles. The number of ether oxygens (including phenoxy) is 3. The molecule has 0 unspecified atom stereocenters. The number of nitrogens with one attached hydrogen (secondary N) is 2. The summed E-state index contributed by atoms with van der Waals surface area (Å²) in [7, 11) is 0.563. The lowest BCUT2D eigenvalue weighted by Gasteiger charge is -2.14. The normalized spacial score (nSPS) is 10.9. The molecule has 0 heterocycles. The first-order valence-corrected chi connectivity index (χ1v) is 11.6. The highest BCUT2D eigenvalue weighted by Gasteiger charge is 2.18. The van der Waals surface area contributed by atoms with E-state index in [9.17, 15) is 13.2 Å². The lowest BCUT2D eigenvalue weighted by atomic mass is 10.1. The van der Waals surface area contributed by atoms with Crippen LogP contribution < -0.4 is 24.2 Å². The van der Waals surface area contributed by atoms with Crippen LogP contribution in [0.15, 0.2) is 65.6 Å². The summed E-state index contributed by atoms with van der Waals surface area (Å²) < 4.78 is 43.9. The summed E-state index contributed by atoms with van der Waals surface area (Å²) in [5.74, 6) is 0.933. The Balaban J connectivity index is 1.77. The zero-order chi connectivity index (χ0) is 24.0. The fourth-order valence-corrected chi connectivity index (χ4v) is 4.48. The van der Waals surface area contributed by atoms with Crippen molar-refractivity contribution < 1.29 is 27.4 Å². The lowest BCUT2D eigenvalue weighted by molar-refractivity contribution is -0.115. The summed E-state index contributed by atoms with van der Waals surface area (Å²) in [4.78, 5) is 12.6. The minimum Gasteiger partial charge on any atom is -0.493 e. The Morgan fingerprint density at radius 1 is 0.909 bits per heavy atom. The second-order valence-corrected chi connectivity index (χ2v) is 8.96. The fourth-order valence-electron chi connectivity index (χ4n) is 3.12. The molecule has 0 aliphatic heterocycles. The van der Waals surface area contributed by atoms with Gasteiger partial charge in [0, 0.05) is 5.69 Å². The number of para-hydroxylation sites is 1. The molecule has 0 saturated carbocycles. The average molecular weight is 491 g/mol. The van der Waals surface area contributed by atoms with Crippen molar-refractivity contribution in [3.63, 3.8) is 0 Å². The Morgan fingerprint density at radius 3 is 2.18 bits per heavy atom. The van der Waals surface area contributed by atoms with Crippen LogP contribution in [0.1, 0.15) is 5.56 Å². The maximum absolute atomic E-state index is 12.8. The van der Waals surface area contributed by atoms with E-state index in [4.69, 9.17) is 25.8 Å². The monoisotopic (exact) mass is 490 g/mol.